The molecule has 0 heterocycles. The summed E-state index contributed by atoms with van der Waals surface area (Å²) < 4.78 is 19.5. The van der Waals surface area contributed by atoms with Crippen molar-refractivity contribution in [3.05, 3.63) is 107 Å². The molecule has 0 aromatic heterocycles. The van der Waals surface area contributed by atoms with Crippen LogP contribution in [0, 0.1) is 0 Å². The van der Waals surface area contributed by atoms with Crippen LogP contribution in [0.2, 0.25) is 6.04 Å². The van der Waals surface area contributed by atoms with E-state index in [1.54, 1.807) is 21.3 Å². The Labute approximate surface area is 279 Å². The Morgan fingerprint density at radius 1 is 0.630 bits per heavy atom. The molecule has 0 unspecified atom stereocenters. The summed E-state index contributed by atoms with van der Waals surface area (Å²) in [6.07, 6.45) is 5.55. The van der Waals surface area contributed by atoms with E-state index in [4.69, 9.17) is 13.3 Å². The summed E-state index contributed by atoms with van der Waals surface area (Å²) in [5.74, 6) is 0. The molecule has 0 aliphatic heterocycles. The van der Waals surface area contributed by atoms with Crippen LogP contribution in [0.1, 0.15) is 63.3 Å². The number of anilines is 2. The van der Waals surface area contributed by atoms with Gasteiger partial charge in [0.15, 0.2) is 0 Å². The predicted octanol–water partition coefficient (Wildman–Crippen LogP) is 8.00. The maximum Gasteiger partial charge on any atom is 0.500 e. The van der Waals surface area contributed by atoms with Gasteiger partial charge in [-0.15, -0.1) is 0 Å². The molecule has 7 heteroatoms. The number of rotatable bonds is 16. The van der Waals surface area contributed by atoms with Gasteiger partial charge in [0, 0.05) is 77.4 Å². The van der Waals surface area contributed by atoms with Crippen LogP contribution in [-0.2, 0) is 13.3 Å². The highest BCUT2D eigenvalue weighted by atomic mass is 28.4. The molecule has 0 fully saturated rings. The standard InChI is InChI=1S/C39H54N3O3Si/c1-9-40(10-2)33-23-19-31(20-24-33)39(32-21-25-34(26-22-32)41(11-3)12-4)37-27-28-38(36-18-15-14-17-35(36)37)42(13-5)29-16-30-46(43-6,44-7)45-8/h14-15,17-28H,9-13,16,29-30H2,1-8H3/q+1. The Morgan fingerprint density at radius 3 is 1.54 bits per heavy atom. The van der Waals surface area contributed by atoms with Gasteiger partial charge in [-0.05, 0) is 98.9 Å². The van der Waals surface area contributed by atoms with Crippen molar-refractivity contribution in [1.29, 1.82) is 0 Å². The minimum atomic E-state index is -2.62. The molecule has 0 bridgehead atoms. The van der Waals surface area contributed by atoms with Crippen molar-refractivity contribution in [2.75, 3.05) is 70.4 Å². The summed E-state index contributed by atoms with van der Waals surface area (Å²) in [5, 5.41) is 0. The molecule has 0 N–H and O–H groups in total. The lowest BCUT2D eigenvalue weighted by atomic mass is 9.83. The van der Waals surface area contributed by atoms with Gasteiger partial charge in [0.05, 0.1) is 5.56 Å². The molecule has 46 heavy (non-hydrogen) atoms. The molecule has 0 atom stereocenters. The summed E-state index contributed by atoms with van der Waals surface area (Å²) in [5.41, 5.74) is 11.2. The first-order chi connectivity index (χ1) is 22.4. The van der Waals surface area contributed by atoms with Crippen LogP contribution >= 0.6 is 0 Å². The van der Waals surface area contributed by atoms with Crippen LogP contribution in [0.5, 0.6) is 0 Å². The molecule has 4 rings (SSSR count). The van der Waals surface area contributed by atoms with Crippen molar-refractivity contribution < 1.29 is 17.9 Å². The minimum absolute atomic E-state index is 0.772. The van der Waals surface area contributed by atoms with Gasteiger partial charge in [-0.2, -0.15) is 0 Å². The van der Waals surface area contributed by atoms with Crippen molar-refractivity contribution >= 4 is 37.0 Å². The van der Waals surface area contributed by atoms with Crippen LogP contribution in [0.3, 0.4) is 0 Å². The second kappa shape index (κ2) is 16.9. The zero-order chi connectivity index (χ0) is 33.1. The van der Waals surface area contributed by atoms with Crippen molar-refractivity contribution in [3.63, 3.8) is 0 Å². The SMILES string of the molecule is CCN(CC)c1ccc(C(=C2C=CC(=[N+](CC)CCC[Si](OC)(OC)OC)c3ccccc32)c2ccc(N(CC)CC)cc2)cc1. The molecule has 1 aliphatic rings. The van der Waals surface area contributed by atoms with Crippen LogP contribution in [-0.4, -0.2) is 79.7 Å². The average molecular weight is 641 g/mol. The lowest BCUT2D eigenvalue weighted by Crippen LogP contribution is -2.43. The molecule has 0 spiro atoms. The fourth-order valence-corrected chi connectivity index (χ4v) is 8.30. The van der Waals surface area contributed by atoms with Crippen molar-refractivity contribution in [2.45, 2.75) is 47.1 Å². The van der Waals surface area contributed by atoms with E-state index in [2.05, 4.69) is 134 Å². The van der Waals surface area contributed by atoms with E-state index in [9.17, 15) is 0 Å². The largest absolute Gasteiger partial charge is 0.500 e. The van der Waals surface area contributed by atoms with Gasteiger partial charge >= 0.3 is 8.80 Å². The Morgan fingerprint density at radius 2 is 1.11 bits per heavy atom. The van der Waals surface area contributed by atoms with Gasteiger partial charge in [-0.1, -0.05) is 42.5 Å². The highest BCUT2D eigenvalue weighted by Gasteiger charge is 2.37. The normalized spacial score (nSPS) is 13.9. The Kier molecular flexibility index (Phi) is 13.0. The monoisotopic (exact) mass is 640 g/mol. The molecular weight excluding hydrogens is 587 g/mol. The first-order valence-electron chi connectivity index (χ1n) is 16.9. The third kappa shape index (κ3) is 7.72. The van der Waals surface area contributed by atoms with E-state index in [-0.39, 0.29) is 0 Å². The molecule has 0 saturated carbocycles. The van der Waals surface area contributed by atoms with E-state index < -0.39 is 8.80 Å². The topological polar surface area (TPSA) is 37.2 Å². The van der Waals surface area contributed by atoms with E-state index >= 15 is 0 Å². The van der Waals surface area contributed by atoms with E-state index in [0.29, 0.717) is 0 Å². The molecule has 0 saturated heterocycles. The van der Waals surface area contributed by atoms with E-state index in [0.717, 1.165) is 51.7 Å². The minimum Gasteiger partial charge on any atom is -0.377 e. The molecule has 3 aromatic carbocycles. The Hall–Kier alpha value is -3.49. The summed E-state index contributed by atoms with van der Waals surface area (Å²) in [6, 6.07) is 27.9. The average Bonchev–Trinajstić information content (AvgIpc) is 3.11. The highest BCUT2D eigenvalue weighted by Crippen LogP contribution is 2.38. The van der Waals surface area contributed by atoms with Crippen molar-refractivity contribution in [1.82, 2.24) is 0 Å². The molecule has 3 aromatic rings. The van der Waals surface area contributed by atoms with Gasteiger partial charge in [0.2, 0.25) is 5.71 Å². The first-order valence-corrected chi connectivity index (χ1v) is 18.9. The second-order valence-electron chi connectivity index (χ2n) is 11.5. The third-order valence-corrected chi connectivity index (χ3v) is 12.1. The fourth-order valence-electron chi connectivity index (χ4n) is 6.60. The molecule has 0 radical (unpaired) electrons. The Bertz CT molecular complexity index is 1430. The van der Waals surface area contributed by atoms with Gasteiger partial charge in [-0.25, -0.2) is 4.58 Å². The zero-order valence-electron chi connectivity index (χ0n) is 29.3. The maximum atomic E-state index is 5.69. The smallest absolute Gasteiger partial charge is 0.377 e. The highest BCUT2D eigenvalue weighted by molar-refractivity contribution is 6.60. The maximum absolute atomic E-state index is 5.69. The van der Waals surface area contributed by atoms with Crippen LogP contribution in [0.4, 0.5) is 11.4 Å². The predicted molar refractivity (Wildman–Crippen MR) is 197 cm³/mol. The van der Waals surface area contributed by atoms with Gasteiger partial charge in [0.25, 0.3) is 0 Å². The lowest BCUT2D eigenvalue weighted by molar-refractivity contribution is -0.523. The van der Waals surface area contributed by atoms with Gasteiger partial charge < -0.3 is 23.1 Å². The summed E-state index contributed by atoms with van der Waals surface area (Å²) in [4.78, 5) is 4.79. The summed E-state index contributed by atoms with van der Waals surface area (Å²) >= 11 is 0. The second-order valence-corrected chi connectivity index (χ2v) is 14.6. The number of allylic oxidation sites excluding steroid dienone is 3. The number of hydrogen-bond acceptors (Lipinski definition) is 5. The lowest BCUT2D eigenvalue weighted by Gasteiger charge is -2.24. The molecule has 0 amide bonds. The van der Waals surface area contributed by atoms with E-state index in [1.807, 2.05) is 0 Å². The van der Waals surface area contributed by atoms with Crippen molar-refractivity contribution in [3.8, 4) is 0 Å². The number of hydrogen-bond donors (Lipinski definition) is 0. The molecule has 246 valence electrons. The van der Waals surface area contributed by atoms with Gasteiger partial charge in [-0.3, -0.25) is 0 Å². The number of nitrogens with zero attached hydrogens (tertiary/aromatic N) is 3. The van der Waals surface area contributed by atoms with Crippen LogP contribution < -0.4 is 9.80 Å². The van der Waals surface area contributed by atoms with E-state index in [1.165, 1.54) is 50.5 Å². The number of fused-ring (bicyclic) bond motifs is 1. The third-order valence-electron chi connectivity index (χ3n) is 9.31. The molecular formula is C39H54N3O3Si+. The Balaban J connectivity index is 1.84. The quantitative estimate of drug-likeness (QED) is 0.117. The van der Waals surface area contributed by atoms with Crippen molar-refractivity contribution in [2.24, 2.45) is 0 Å². The van der Waals surface area contributed by atoms with Gasteiger partial charge in [0.1, 0.15) is 13.1 Å². The van der Waals surface area contributed by atoms with Crippen LogP contribution in [0.15, 0.2) is 84.9 Å². The van der Waals surface area contributed by atoms with Crippen LogP contribution in [0.25, 0.3) is 11.1 Å². The molecule has 1 aliphatic carbocycles. The number of benzene rings is 3. The summed E-state index contributed by atoms with van der Waals surface area (Å²) in [6.45, 7) is 16.8. The summed E-state index contributed by atoms with van der Waals surface area (Å²) in [7, 11) is 2.44. The zero-order valence-corrected chi connectivity index (χ0v) is 30.3. The fraction of sp³-hybridized carbons (Fsp3) is 0.410. The first kappa shape index (κ1) is 35.4. The molecule has 6 nitrogen and oxygen atoms in total.